The second kappa shape index (κ2) is 7.31. The van der Waals surface area contributed by atoms with E-state index in [4.69, 9.17) is 17.0 Å². The van der Waals surface area contributed by atoms with Gasteiger partial charge in [0.05, 0.1) is 12.3 Å². The number of para-hydroxylation sites is 1. The summed E-state index contributed by atoms with van der Waals surface area (Å²) in [5.74, 6) is 1.46. The Bertz CT molecular complexity index is 959. The second-order valence-electron chi connectivity index (χ2n) is 5.66. The normalized spacial score (nSPS) is 11.3. The van der Waals surface area contributed by atoms with Crippen LogP contribution in [0.2, 0.25) is 0 Å². The number of nitrogens with one attached hydrogen (secondary N) is 1. The quantitative estimate of drug-likeness (QED) is 0.537. The smallest absolute Gasteiger partial charge is 0.216 e. The molecule has 1 aromatic heterocycles. The van der Waals surface area contributed by atoms with Gasteiger partial charge in [0.1, 0.15) is 11.5 Å². The van der Waals surface area contributed by atoms with Crippen LogP contribution < -0.4 is 4.74 Å². The Hall–Kier alpha value is -2.93. The number of aromatic hydroxyl groups is 1. The average molecular weight is 354 g/mol. The molecule has 0 fully saturated rings. The zero-order valence-corrected chi connectivity index (χ0v) is 14.7. The molecule has 0 saturated carbocycles. The molecule has 0 aliphatic carbocycles. The van der Waals surface area contributed by atoms with Crippen molar-refractivity contribution in [3.05, 3.63) is 58.9 Å². The van der Waals surface area contributed by atoms with Crippen molar-refractivity contribution < 1.29 is 9.84 Å². The molecule has 3 rings (SSSR count). The molecule has 0 radical (unpaired) electrons. The van der Waals surface area contributed by atoms with Crippen molar-refractivity contribution in [1.82, 2.24) is 14.9 Å². The van der Waals surface area contributed by atoms with Gasteiger partial charge in [-0.3, -0.25) is 0 Å². The number of rotatable bonds is 5. The first-order valence-corrected chi connectivity index (χ1v) is 8.22. The lowest BCUT2D eigenvalue weighted by atomic mass is 10.2. The zero-order chi connectivity index (χ0) is 17.8. The van der Waals surface area contributed by atoms with Crippen LogP contribution in [0.4, 0.5) is 0 Å². The molecule has 0 atom stereocenters. The van der Waals surface area contributed by atoms with Crippen molar-refractivity contribution in [3.63, 3.8) is 0 Å². The Balaban J connectivity index is 1.98. The summed E-state index contributed by atoms with van der Waals surface area (Å²) in [6.45, 7) is 3.94. The third kappa shape index (κ3) is 3.95. The first-order valence-electron chi connectivity index (χ1n) is 7.81. The largest absolute Gasteiger partial charge is 0.507 e. The second-order valence-corrected chi connectivity index (χ2v) is 6.05. The van der Waals surface area contributed by atoms with E-state index in [9.17, 15) is 5.11 Å². The van der Waals surface area contributed by atoms with Crippen LogP contribution >= 0.6 is 12.2 Å². The number of aromatic nitrogens is 3. The van der Waals surface area contributed by atoms with Crippen molar-refractivity contribution in [2.24, 2.45) is 5.10 Å². The minimum Gasteiger partial charge on any atom is -0.507 e. The average Bonchev–Trinajstić information content (AvgIpc) is 2.95. The van der Waals surface area contributed by atoms with Crippen molar-refractivity contribution in [2.45, 2.75) is 20.0 Å². The van der Waals surface area contributed by atoms with E-state index in [1.807, 2.05) is 44.2 Å². The highest BCUT2D eigenvalue weighted by atomic mass is 32.1. The number of phenols is 1. The number of ether oxygens (including phenoxy) is 1. The molecule has 1 heterocycles. The van der Waals surface area contributed by atoms with Gasteiger partial charge in [-0.05, 0) is 50.3 Å². The summed E-state index contributed by atoms with van der Waals surface area (Å²) in [5.41, 5.74) is 1.41. The summed E-state index contributed by atoms with van der Waals surface area (Å²) in [4.78, 5) is 0. The lowest BCUT2D eigenvalue weighted by Gasteiger charge is -2.10. The fourth-order valence-corrected chi connectivity index (χ4v) is 2.46. The topological polar surface area (TPSA) is 75.4 Å². The van der Waals surface area contributed by atoms with Gasteiger partial charge in [0.2, 0.25) is 4.77 Å². The highest BCUT2D eigenvalue weighted by molar-refractivity contribution is 7.71. The van der Waals surface area contributed by atoms with Crippen LogP contribution in [0.3, 0.4) is 0 Å². The van der Waals surface area contributed by atoms with Gasteiger partial charge in [-0.25, -0.2) is 5.10 Å². The first kappa shape index (κ1) is 16.9. The Morgan fingerprint density at radius 3 is 2.80 bits per heavy atom. The molecule has 0 unspecified atom stereocenters. The number of benzene rings is 2. The monoisotopic (exact) mass is 354 g/mol. The summed E-state index contributed by atoms with van der Waals surface area (Å²) < 4.78 is 7.59. The molecule has 6 nitrogen and oxygen atoms in total. The predicted molar refractivity (Wildman–Crippen MR) is 99.7 cm³/mol. The number of aromatic amines is 1. The van der Waals surface area contributed by atoms with Crippen LogP contribution in [-0.4, -0.2) is 32.3 Å². The fraction of sp³-hybridized carbons (Fsp3) is 0.167. The molecule has 0 aliphatic rings. The molecule has 0 aliphatic heterocycles. The summed E-state index contributed by atoms with van der Waals surface area (Å²) in [6.07, 6.45) is 1.62. The van der Waals surface area contributed by atoms with Gasteiger partial charge in [-0.1, -0.05) is 24.3 Å². The highest BCUT2D eigenvalue weighted by Gasteiger charge is 2.10. The van der Waals surface area contributed by atoms with E-state index in [1.165, 1.54) is 4.68 Å². The number of H-pyrrole nitrogens is 1. The maximum absolute atomic E-state index is 9.85. The van der Waals surface area contributed by atoms with Gasteiger partial charge in [-0.2, -0.15) is 14.9 Å². The fourth-order valence-electron chi connectivity index (χ4n) is 2.28. The van der Waals surface area contributed by atoms with Gasteiger partial charge >= 0.3 is 0 Å². The van der Waals surface area contributed by atoms with E-state index >= 15 is 0 Å². The molecule has 2 aromatic carbocycles. The van der Waals surface area contributed by atoms with Crippen LogP contribution in [0, 0.1) is 4.77 Å². The van der Waals surface area contributed by atoms with Crippen molar-refractivity contribution in [2.75, 3.05) is 0 Å². The van der Waals surface area contributed by atoms with Gasteiger partial charge in [-0.15, -0.1) is 0 Å². The molecule has 0 saturated heterocycles. The van der Waals surface area contributed by atoms with E-state index < -0.39 is 0 Å². The van der Waals surface area contributed by atoms with Crippen LogP contribution in [0.25, 0.3) is 11.4 Å². The maximum Gasteiger partial charge on any atom is 0.216 e. The Kier molecular flexibility index (Phi) is 4.95. The SMILES string of the molecule is CC(C)Oc1cccc(-c2n[nH]c(=S)n2N=Cc2ccccc2O)c1. The minimum atomic E-state index is 0.0788. The lowest BCUT2D eigenvalue weighted by molar-refractivity contribution is 0.242. The Labute approximate surface area is 150 Å². The van der Waals surface area contributed by atoms with Crippen LogP contribution in [0.5, 0.6) is 11.5 Å². The number of phenolic OH excluding ortho intramolecular Hbond substituents is 1. The molecular weight excluding hydrogens is 336 g/mol. The summed E-state index contributed by atoms with van der Waals surface area (Å²) in [7, 11) is 0. The van der Waals surface area contributed by atoms with Gasteiger partial charge in [0, 0.05) is 11.1 Å². The molecule has 3 aromatic rings. The zero-order valence-electron chi connectivity index (χ0n) is 13.9. The summed E-state index contributed by atoms with van der Waals surface area (Å²) in [5, 5.41) is 21.2. The van der Waals surface area contributed by atoms with Crippen molar-refractivity contribution in [1.29, 1.82) is 0 Å². The molecule has 2 N–H and O–H groups in total. The number of hydrogen-bond donors (Lipinski definition) is 2. The Morgan fingerprint density at radius 1 is 1.24 bits per heavy atom. The van der Waals surface area contributed by atoms with E-state index in [0.717, 1.165) is 11.3 Å². The van der Waals surface area contributed by atoms with Gasteiger partial charge in [0.15, 0.2) is 5.82 Å². The standard InChI is InChI=1S/C18H18N4O2S/c1-12(2)24-15-8-5-7-13(10-15)17-20-21-18(25)22(17)19-11-14-6-3-4-9-16(14)23/h3-12,23H,1-2H3,(H,21,25). The molecule has 0 amide bonds. The van der Waals surface area contributed by atoms with Crippen LogP contribution in [0.1, 0.15) is 19.4 Å². The summed E-state index contributed by atoms with van der Waals surface area (Å²) >= 11 is 5.26. The summed E-state index contributed by atoms with van der Waals surface area (Å²) in [6, 6.07) is 14.5. The van der Waals surface area contributed by atoms with Crippen molar-refractivity contribution in [3.8, 4) is 22.9 Å². The first-order chi connectivity index (χ1) is 12.0. The third-order valence-electron chi connectivity index (χ3n) is 3.36. The third-order valence-corrected chi connectivity index (χ3v) is 3.63. The van der Waals surface area contributed by atoms with Crippen molar-refractivity contribution >= 4 is 18.4 Å². The van der Waals surface area contributed by atoms with E-state index in [2.05, 4.69) is 15.3 Å². The molecule has 128 valence electrons. The minimum absolute atomic E-state index is 0.0788. The van der Waals surface area contributed by atoms with E-state index in [-0.39, 0.29) is 11.9 Å². The molecule has 0 spiro atoms. The maximum atomic E-state index is 9.85. The number of hydrogen-bond acceptors (Lipinski definition) is 5. The van der Waals surface area contributed by atoms with Gasteiger partial charge < -0.3 is 9.84 Å². The highest BCUT2D eigenvalue weighted by Crippen LogP contribution is 2.23. The van der Waals surface area contributed by atoms with E-state index in [1.54, 1.807) is 24.4 Å². The molecule has 25 heavy (non-hydrogen) atoms. The molecule has 7 heteroatoms. The van der Waals surface area contributed by atoms with Crippen LogP contribution in [-0.2, 0) is 0 Å². The Morgan fingerprint density at radius 2 is 2.04 bits per heavy atom. The lowest BCUT2D eigenvalue weighted by Crippen LogP contribution is -2.05. The predicted octanol–water partition coefficient (Wildman–Crippen LogP) is 3.98. The molecular formula is C18H18N4O2S. The molecule has 0 bridgehead atoms. The van der Waals surface area contributed by atoms with Gasteiger partial charge in [0.25, 0.3) is 0 Å². The van der Waals surface area contributed by atoms with E-state index in [0.29, 0.717) is 16.2 Å². The van der Waals surface area contributed by atoms with Crippen LogP contribution in [0.15, 0.2) is 53.6 Å². The number of nitrogens with zero attached hydrogens (tertiary/aromatic N) is 3.